The van der Waals surface area contributed by atoms with Crippen LogP contribution in [0.4, 0.5) is 4.79 Å². The van der Waals surface area contributed by atoms with E-state index in [0.717, 1.165) is 28.1 Å². The summed E-state index contributed by atoms with van der Waals surface area (Å²) < 4.78 is 13.8. The molecule has 226 valence electrons. The zero-order chi connectivity index (χ0) is 30.3. The number of imidazole rings is 1. The van der Waals surface area contributed by atoms with Gasteiger partial charge in [0.15, 0.2) is 0 Å². The number of benzene rings is 4. The van der Waals surface area contributed by atoms with Gasteiger partial charge in [0.05, 0.1) is 11.0 Å². The Morgan fingerprint density at radius 2 is 1.48 bits per heavy atom. The van der Waals surface area contributed by atoms with E-state index in [-0.39, 0.29) is 30.5 Å². The van der Waals surface area contributed by atoms with Gasteiger partial charge in [-0.25, -0.2) is 9.59 Å². The van der Waals surface area contributed by atoms with Gasteiger partial charge in [-0.1, -0.05) is 72.8 Å². The molecular formula is C36H38N4O4. The number of likely N-dealkylation sites (tertiary alicyclic amines) is 1. The number of amides is 1. The number of H-pyrrole nitrogens is 1. The van der Waals surface area contributed by atoms with Crippen LogP contribution in [0.1, 0.15) is 36.9 Å². The standard InChI is InChI=1S/C36H38N4O4/c1-27(26-43-36(42)38-21-19-30(20-22-38)40-34-18-9-8-17-33(34)37-35(40)41)39(24-28-11-4-2-5-12-28)25-29-13-10-16-32(23-29)44-31-14-6-3-7-15-31/h2-18,23,27,30H,19-22,24-26H2,1H3,(H,37,41). The summed E-state index contributed by atoms with van der Waals surface area (Å²) in [7, 11) is 0. The van der Waals surface area contributed by atoms with Crippen molar-refractivity contribution in [2.24, 2.45) is 0 Å². The van der Waals surface area contributed by atoms with E-state index in [0.29, 0.717) is 39.0 Å². The molecule has 1 aliphatic rings. The van der Waals surface area contributed by atoms with Crippen molar-refractivity contribution in [1.82, 2.24) is 19.4 Å². The average Bonchev–Trinajstić information content (AvgIpc) is 3.40. The molecule has 6 rings (SSSR count). The molecule has 1 atom stereocenters. The number of para-hydroxylation sites is 3. The van der Waals surface area contributed by atoms with Gasteiger partial charge in [0, 0.05) is 38.3 Å². The molecule has 0 spiro atoms. The fourth-order valence-electron chi connectivity index (χ4n) is 5.88. The SMILES string of the molecule is CC(COC(=O)N1CCC(n2c(=O)[nH]c3ccccc32)CC1)N(Cc1ccccc1)Cc1cccc(Oc2ccccc2)c1. The molecule has 8 nitrogen and oxygen atoms in total. The summed E-state index contributed by atoms with van der Waals surface area (Å²) in [6.45, 7) is 4.85. The molecule has 1 unspecified atom stereocenters. The lowest BCUT2D eigenvalue weighted by Crippen LogP contribution is -2.42. The van der Waals surface area contributed by atoms with Crippen LogP contribution in [-0.4, -0.2) is 51.2 Å². The Hall–Kier alpha value is -4.82. The summed E-state index contributed by atoms with van der Waals surface area (Å²) >= 11 is 0. The number of rotatable bonds is 10. The van der Waals surface area contributed by atoms with Gasteiger partial charge in [-0.3, -0.25) is 9.47 Å². The molecule has 1 N–H and O–H groups in total. The molecule has 0 bridgehead atoms. The second kappa shape index (κ2) is 13.7. The molecule has 1 saturated heterocycles. The maximum atomic E-state index is 13.1. The highest BCUT2D eigenvalue weighted by molar-refractivity contribution is 5.75. The van der Waals surface area contributed by atoms with E-state index in [2.05, 4.69) is 41.1 Å². The molecular weight excluding hydrogens is 552 g/mol. The summed E-state index contributed by atoms with van der Waals surface area (Å²) in [5.74, 6) is 1.58. The summed E-state index contributed by atoms with van der Waals surface area (Å²) in [6.07, 6.45) is 1.10. The topological polar surface area (TPSA) is 79.8 Å². The molecule has 1 aromatic heterocycles. The van der Waals surface area contributed by atoms with Crippen LogP contribution >= 0.6 is 0 Å². The highest BCUT2D eigenvalue weighted by Crippen LogP contribution is 2.26. The van der Waals surface area contributed by atoms with E-state index in [4.69, 9.17) is 9.47 Å². The first kappa shape index (κ1) is 29.3. The summed E-state index contributed by atoms with van der Waals surface area (Å²) in [6, 6.07) is 36.0. The van der Waals surface area contributed by atoms with Gasteiger partial charge < -0.3 is 19.4 Å². The molecule has 8 heteroatoms. The normalized spacial score (nSPS) is 14.5. The van der Waals surface area contributed by atoms with Crippen molar-refractivity contribution in [3.8, 4) is 11.5 Å². The summed E-state index contributed by atoms with van der Waals surface area (Å²) in [5, 5.41) is 0. The monoisotopic (exact) mass is 590 g/mol. The van der Waals surface area contributed by atoms with Crippen molar-refractivity contribution < 1.29 is 14.3 Å². The Balaban J connectivity index is 1.07. The lowest BCUT2D eigenvalue weighted by Gasteiger charge is -2.33. The number of aromatic nitrogens is 2. The van der Waals surface area contributed by atoms with E-state index in [9.17, 15) is 9.59 Å². The van der Waals surface area contributed by atoms with Gasteiger partial charge in [0.2, 0.25) is 0 Å². The largest absolute Gasteiger partial charge is 0.457 e. The Bertz CT molecular complexity index is 1730. The van der Waals surface area contributed by atoms with Crippen LogP contribution in [0, 0.1) is 0 Å². The van der Waals surface area contributed by atoms with Crippen LogP contribution < -0.4 is 10.4 Å². The van der Waals surface area contributed by atoms with Crippen LogP contribution in [0.15, 0.2) is 114 Å². The fraction of sp³-hybridized carbons (Fsp3) is 0.278. The van der Waals surface area contributed by atoms with Crippen molar-refractivity contribution in [1.29, 1.82) is 0 Å². The number of hydrogen-bond donors (Lipinski definition) is 1. The van der Waals surface area contributed by atoms with E-state index in [1.54, 1.807) is 4.90 Å². The minimum atomic E-state index is -0.306. The lowest BCUT2D eigenvalue weighted by atomic mass is 10.0. The van der Waals surface area contributed by atoms with Crippen molar-refractivity contribution in [3.63, 3.8) is 0 Å². The first-order valence-electron chi connectivity index (χ1n) is 15.2. The number of hydrogen-bond acceptors (Lipinski definition) is 5. The highest BCUT2D eigenvalue weighted by atomic mass is 16.6. The van der Waals surface area contributed by atoms with E-state index < -0.39 is 0 Å². The number of carbonyl (C=O) groups is 1. The maximum absolute atomic E-state index is 13.1. The number of aromatic amines is 1. The van der Waals surface area contributed by atoms with Crippen LogP contribution in [0.25, 0.3) is 11.0 Å². The highest BCUT2D eigenvalue weighted by Gasteiger charge is 2.27. The van der Waals surface area contributed by atoms with E-state index >= 15 is 0 Å². The van der Waals surface area contributed by atoms with Gasteiger partial charge >= 0.3 is 11.8 Å². The number of piperidine rings is 1. The molecule has 1 aliphatic heterocycles. The third kappa shape index (κ3) is 7.03. The van der Waals surface area contributed by atoms with Gasteiger partial charge in [-0.15, -0.1) is 0 Å². The van der Waals surface area contributed by atoms with Crippen LogP contribution in [0.5, 0.6) is 11.5 Å². The Labute approximate surface area is 257 Å². The minimum Gasteiger partial charge on any atom is -0.457 e. The number of fused-ring (bicyclic) bond motifs is 1. The fourth-order valence-corrected chi connectivity index (χ4v) is 5.88. The zero-order valence-electron chi connectivity index (χ0n) is 25.0. The molecule has 0 radical (unpaired) electrons. The zero-order valence-corrected chi connectivity index (χ0v) is 25.0. The molecule has 0 aliphatic carbocycles. The quantitative estimate of drug-likeness (QED) is 0.190. The third-order valence-corrected chi connectivity index (χ3v) is 8.27. The number of nitrogens with one attached hydrogen (secondary N) is 1. The van der Waals surface area contributed by atoms with Gasteiger partial charge in [0.1, 0.15) is 18.1 Å². The second-order valence-electron chi connectivity index (χ2n) is 11.4. The van der Waals surface area contributed by atoms with Crippen molar-refractivity contribution in [2.45, 2.75) is 44.9 Å². The molecule has 1 fully saturated rings. The lowest BCUT2D eigenvalue weighted by molar-refractivity contribution is 0.0567. The summed E-state index contributed by atoms with van der Waals surface area (Å²) in [4.78, 5) is 32.8. The maximum Gasteiger partial charge on any atom is 0.409 e. The predicted octanol–water partition coefficient (Wildman–Crippen LogP) is 6.99. The second-order valence-corrected chi connectivity index (χ2v) is 11.4. The van der Waals surface area contributed by atoms with Gasteiger partial charge in [0.25, 0.3) is 0 Å². The van der Waals surface area contributed by atoms with Crippen LogP contribution in [-0.2, 0) is 17.8 Å². The molecule has 5 aromatic rings. The molecule has 4 aromatic carbocycles. The Kier molecular flexibility index (Phi) is 9.08. The van der Waals surface area contributed by atoms with Crippen molar-refractivity contribution in [3.05, 3.63) is 131 Å². The molecule has 2 heterocycles. The van der Waals surface area contributed by atoms with E-state index in [1.807, 2.05) is 89.5 Å². The van der Waals surface area contributed by atoms with Crippen LogP contribution in [0.2, 0.25) is 0 Å². The third-order valence-electron chi connectivity index (χ3n) is 8.27. The van der Waals surface area contributed by atoms with Crippen molar-refractivity contribution in [2.75, 3.05) is 19.7 Å². The van der Waals surface area contributed by atoms with Crippen LogP contribution in [0.3, 0.4) is 0 Å². The number of ether oxygens (including phenoxy) is 2. The smallest absolute Gasteiger partial charge is 0.409 e. The summed E-state index contributed by atoms with van der Waals surface area (Å²) in [5.41, 5.74) is 3.95. The van der Waals surface area contributed by atoms with Crippen molar-refractivity contribution >= 4 is 17.1 Å². The first-order chi connectivity index (χ1) is 21.5. The molecule has 44 heavy (non-hydrogen) atoms. The van der Waals surface area contributed by atoms with Gasteiger partial charge in [-0.2, -0.15) is 0 Å². The Morgan fingerprint density at radius 3 is 2.25 bits per heavy atom. The minimum absolute atomic E-state index is 0.0276. The number of nitrogens with zero attached hydrogens (tertiary/aromatic N) is 3. The molecule has 0 saturated carbocycles. The predicted molar refractivity (Wildman–Crippen MR) is 172 cm³/mol. The van der Waals surface area contributed by atoms with Gasteiger partial charge in [-0.05, 0) is 67.3 Å². The average molecular weight is 591 g/mol. The number of carbonyl (C=O) groups excluding carboxylic acids is 1. The Morgan fingerprint density at radius 1 is 0.841 bits per heavy atom. The molecule has 1 amide bonds. The van der Waals surface area contributed by atoms with E-state index in [1.165, 1.54) is 5.56 Å². The first-order valence-corrected chi connectivity index (χ1v) is 15.2.